The van der Waals surface area contributed by atoms with Crippen LogP contribution in [0.1, 0.15) is 29.9 Å². The number of rotatable bonds is 9. The highest BCUT2D eigenvalue weighted by molar-refractivity contribution is 6.32. The summed E-state index contributed by atoms with van der Waals surface area (Å²) in [5, 5.41) is 19.1. The normalized spacial score (nSPS) is 10.7. The number of methoxy groups -OCH3 is 1. The molecule has 0 radical (unpaired) electrons. The van der Waals surface area contributed by atoms with E-state index in [1.54, 1.807) is 0 Å². The number of carbonyl (C=O) groups is 2. The highest BCUT2D eigenvalue weighted by Gasteiger charge is 2.17. The van der Waals surface area contributed by atoms with Crippen LogP contribution in [0.3, 0.4) is 0 Å². The number of hydrogen-bond acceptors (Lipinski definition) is 6. The fraction of sp³-hybridized carbons (Fsp3) is 0.412. The Morgan fingerprint density at radius 3 is 2.74 bits per heavy atom. The lowest BCUT2D eigenvalue weighted by atomic mass is 10.1. The fourth-order valence-corrected chi connectivity index (χ4v) is 2.41. The second-order valence-electron chi connectivity index (χ2n) is 6.18. The zero-order valence-electron chi connectivity index (χ0n) is 15.2. The molecule has 2 N–H and O–H groups in total. The number of carboxylic acid groups (broad SMARTS) is 1. The van der Waals surface area contributed by atoms with Crippen molar-refractivity contribution in [1.29, 1.82) is 0 Å². The van der Waals surface area contributed by atoms with Crippen LogP contribution in [-0.2, 0) is 17.9 Å². The van der Waals surface area contributed by atoms with E-state index in [0.29, 0.717) is 35.3 Å². The summed E-state index contributed by atoms with van der Waals surface area (Å²) in [6.45, 7) is 4.27. The standard InChI is InChI=1S/C17H21ClN4O5/c1-10(2)9-27-16-13(18)4-11(5-14(16)26-3)17(25)19-6-12-7-22(21-20-12)8-15(23)24/h4-5,7,10H,6,8-9H2,1-3H3,(H,19,25)(H,23,24). The van der Waals surface area contributed by atoms with Gasteiger partial charge in [-0.1, -0.05) is 30.7 Å². The average Bonchev–Trinajstić information content (AvgIpc) is 3.04. The number of carboxylic acids is 1. The fourth-order valence-electron chi connectivity index (χ4n) is 2.15. The Morgan fingerprint density at radius 1 is 1.37 bits per heavy atom. The summed E-state index contributed by atoms with van der Waals surface area (Å²) >= 11 is 6.24. The molecule has 1 aromatic carbocycles. The van der Waals surface area contributed by atoms with Crippen LogP contribution in [0.4, 0.5) is 0 Å². The van der Waals surface area contributed by atoms with E-state index in [0.717, 1.165) is 0 Å². The Bertz CT molecular complexity index is 822. The summed E-state index contributed by atoms with van der Waals surface area (Å²) in [6.07, 6.45) is 1.45. The van der Waals surface area contributed by atoms with Crippen molar-refractivity contribution in [2.75, 3.05) is 13.7 Å². The average molecular weight is 397 g/mol. The molecule has 1 amide bonds. The molecule has 0 unspecified atom stereocenters. The van der Waals surface area contributed by atoms with E-state index >= 15 is 0 Å². The van der Waals surface area contributed by atoms with Crippen LogP contribution in [0.25, 0.3) is 0 Å². The molecule has 0 aliphatic carbocycles. The topological polar surface area (TPSA) is 116 Å². The molecule has 9 nitrogen and oxygen atoms in total. The molecule has 0 aliphatic heterocycles. The molecule has 1 heterocycles. The van der Waals surface area contributed by atoms with Crippen LogP contribution in [-0.4, -0.2) is 45.7 Å². The summed E-state index contributed by atoms with van der Waals surface area (Å²) in [5.74, 6) is -0.361. The number of ether oxygens (including phenoxy) is 2. The van der Waals surface area contributed by atoms with Gasteiger partial charge in [0.2, 0.25) is 0 Å². The minimum atomic E-state index is -1.03. The van der Waals surface area contributed by atoms with Gasteiger partial charge in [-0.05, 0) is 18.1 Å². The maximum absolute atomic E-state index is 12.4. The molecule has 2 rings (SSSR count). The molecule has 0 aliphatic rings. The van der Waals surface area contributed by atoms with Crippen molar-refractivity contribution in [3.05, 3.63) is 34.6 Å². The van der Waals surface area contributed by atoms with Gasteiger partial charge in [0.05, 0.1) is 31.5 Å². The van der Waals surface area contributed by atoms with E-state index in [4.69, 9.17) is 26.2 Å². The van der Waals surface area contributed by atoms with Crippen LogP contribution in [0, 0.1) is 5.92 Å². The van der Waals surface area contributed by atoms with E-state index in [2.05, 4.69) is 15.6 Å². The number of hydrogen-bond donors (Lipinski definition) is 2. The van der Waals surface area contributed by atoms with Crippen molar-refractivity contribution in [1.82, 2.24) is 20.3 Å². The number of aromatic nitrogens is 3. The lowest BCUT2D eigenvalue weighted by Gasteiger charge is -2.15. The monoisotopic (exact) mass is 396 g/mol. The van der Waals surface area contributed by atoms with Gasteiger partial charge in [0, 0.05) is 5.56 Å². The number of nitrogens with zero attached hydrogens (tertiary/aromatic N) is 3. The van der Waals surface area contributed by atoms with Gasteiger partial charge in [0.15, 0.2) is 11.5 Å². The lowest BCUT2D eigenvalue weighted by Crippen LogP contribution is -2.23. The smallest absolute Gasteiger partial charge is 0.325 e. The van der Waals surface area contributed by atoms with Gasteiger partial charge in [-0.3, -0.25) is 9.59 Å². The summed E-state index contributed by atoms with van der Waals surface area (Å²) in [6, 6.07) is 3.04. The van der Waals surface area contributed by atoms with Crippen LogP contribution in [0.15, 0.2) is 18.3 Å². The first-order chi connectivity index (χ1) is 12.8. The molecule has 146 valence electrons. The first kappa shape index (κ1) is 20.5. The molecule has 0 saturated carbocycles. The Balaban J connectivity index is 2.06. The van der Waals surface area contributed by atoms with Crippen molar-refractivity contribution < 1.29 is 24.2 Å². The number of nitrogens with one attached hydrogen (secondary N) is 1. The maximum Gasteiger partial charge on any atom is 0.325 e. The van der Waals surface area contributed by atoms with Gasteiger partial charge in [0.25, 0.3) is 5.91 Å². The number of benzene rings is 1. The highest BCUT2D eigenvalue weighted by atomic mass is 35.5. The summed E-state index contributed by atoms with van der Waals surface area (Å²) < 4.78 is 12.1. The number of halogens is 1. The zero-order chi connectivity index (χ0) is 20.0. The third-order valence-electron chi connectivity index (χ3n) is 3.37. The molecular formula is C17H21ClN4O5. The minimum Gasteiger partial charge on any atom is -0.493 e. The molecule has 0 spiro atoms. The Kier molecular flexibility index (Phi) is 7.00. The van der Waals surface area contributed by atoms with Gasteiger partial charge in [0.1, 0.15) is 12.2 Å². The Morgan fingerprint density at radius 2 is 2.11 bits per heavy atom. The van der Waals surface area contributed by atoms with Gasteiger partial charge in [-0.2, -0.15) is 0 Å². The van der Waals surface area contributed by atoms with Crippen LogP contribution < -0.4 is 14.8 Å². The Hall–Kier alpha value is -2.81. The van der Waals surface area contributed by atoms with Gasteiger partial charge in [-0.25, -0.2) is 4.68 Å². The number of aliphatic carboxylic acids is 1. The van der Waals surface area contributed by atoms with Gasteiger partial charge >= 0.3 is 5.97 Å². The summed E-state index contributed by atoms with van der Waals surface area (Å²) in [5.41, 5.74) is 0.728. The van der Waals surface area contributed by atoms with Crippen molar-refractivity contribution in [3.8, 4) is 11.5 Å². The van der Waals surface area contributed by atoms with Gasteiger partial charge < -0.3 is 19.9 Å². The summed E-state index contributed by atoms with van der Waals surface area (Å²) in [7, 11) is 1.47. The highest BCUT2D eigenvalue weighted by Crippen LogP contribution is 2.36. The second-order valence-corrected chi connectivity index (χ2v) is 6.59. The van der Waals surface area contributed by atoms with Crippen LogP contribution >= 0.6 is 11.6 Å². The molecule has 0 fully saturated rings. The van der Waals surface area contributed by atoms with E-state index in [9.17, 15) is 9.59 Å². The predicted octanol–water partition coefficient (Wildman–Crippen LogP) is 1.99. The molecular weight excluding hydrogens is 376 g/mol. The summed E-state index contributed by atoms with van der Waals surface area (Å²) in [4.78, 5) is 23.0. The zero-order valence-corrected chi connectivity index (χ0v) is 16.0. The lowest BCUT2D eigenvalue weighted by molar-refractivity contribution is -0.137. The van der Waals surface area contributed by atoms with Crippen LogP contribution in [0.5, 0.6) is 11.5 Å². The third kappa shape index (κ3) is 5.85. The first-order valence-corrected chi connectivity index (χ1v) is 8.57. The molecule has 27 heavy (non-hydrogen) atoms. The van der Waals surface area contributed by atoms with E-state index < -0.39 is 11.9 Å². The number of amides is 1. The van der Waals surface area contributed by atoms with Gasteiger partial charge in [-0.15, -0.1) is 5.10 Å². The quantitative estimate of drug-likeness (QED) is 0.665. The SMILES string of the molecule is COc1cc(C(=O)NCc2cn(CC(=O)O)nn2)cc(Cl)c1OCC(C)C. The second kappa shape index (κ2) is 9.22. The molecule has 0 saturated heterocycles. The van der Waals surface area contributed by atoms with Crippen molar-refractivity contribution in [2.45, 2.75) is 26.9 Å². The van der Waals surface area contributed by atoms with Crippen LogP contribution in [0.2, 0.25) is 5.02 Å². The largest absolute Gasteiger partial charge is 0.493 e. The van der Waals surface area contributed by atoms with Crippen molar-refractivity contribution >= 4 is 23.5 Å². The predicted molar refractivity (Wildman–Crippen MR) is 97.2 cm³/mol. The minimum absolute atomic E-state index is 0.0873. The van der Waals surface area contributed by atoms with Crippen molar-refractivity contribution in [3.63, 3.8) is 0 Å². The first-order valence-electron chi connectivity index (χ1n) is 8.19. The van der Waals surface area contributed by atoms with Crippen molar-refractivity contribution in [2.24, 2.45) is 5.92 Å². The molecule has 0 bridgehead atoms. The molecule has 10 heteroatoms. The van der Waals surface area contributed by atoms with E-state index in [1.165, 1.54) is 30.1 Å². The van der Waals surface area contributed by atoms with E-state index in [1.807, 2.05) is 13.8 Å². The maximum atomic E-state index is 12.4. The molecule has 1 aromatic heterocycles. The number of carbonyl (C=O) groups excluding carboxylic acids is 1. The third-order valence-corrected chi connectivity index (χ3v) is 3.65. The molecule has 0 atom stereocenters. The molecule has 2 aromatic rings. The van der Waals surface area contributed by atoms with E-state index in [-0.39, 0.29) is 18.1 Å². The Labute approximate surface area is 161 Å².